The Morgan fingerprint density at radius 2 is 1.86 bits per heavy atom. The molecule has 1 fully saturated rings. The number of aliphatic hydroxyl groups is 1. The molecule has 5 rings (SSSR count). The third kappa shape index (κ3) is 2.64. The topological polar surface area (TPSA) is 66.5 Å². The molecule has 11 heteroatoms. The molecule has 0 amide bonds. The van der Waals surface area contributed by atoms with Crippen LogP contribution in [-0.4, -0.2) is 37.4 Å². The molecule has 1 aliphatic heterocycles. The fourth-order valence-electron chi connectivity index (χ4n) is 3.81. The van der Waals surface area contributed by atoms with E-state index >= 15 is 0 Å². The molecule has 0 saturated heterocycles. The Bertz CT molecular complexity index is 1160. The highest BCUT2D eigenvalue weighted by atomic mass is 35.5. The molecule has 29 heavy (non-hydrogen) atoms. The molecule has 1 N–H and O–H groups in total. The third-order valence-electron chi connectivity index (χ3n) is 5.65. The Hall–Kier alpha value is -2.10. The predicted octanol–water partition coefficient (Wildman–Crippen LogP) is 4.38. The summed E-state index contributed by atoms with van der Waals surface area (Å²) in [5.41, 5.74) is -2.13. The Kier molecular flexibility index (Phi) is 3.74. The zero-order valence-corrected chi connectivity index (χ0v) is 16.5. The van der Waals surface area contributed by atoms with Crippen molar-refractivity contribution in [1.82, 2.24) is 19.6 Å². The van der Waals surface area contributed by atoms with Gasteiger partial charge in [0.05, 0.1) is 40.2 Å². The minimum Gasteiger partial charge on any atom is -0.383 e. The van der Waals surface area contributed by atoms with E-state index in [0.29, 0.717) is 24.2 Å². The molecule has 4 heterocycles. The molecule has 0 unspecified atom stereocenters. The number of rotatable bonds is 2. The molecule has 2 aliphatic rings. The number of nitrogens with zero attached hydrogens (tertiary/aromatic N) is 5. The summed E-state index contributed by atoms with van der Waals surface area (Å²) in [4.78, 5) is 9.90. The largest absolute Gasteiger partial charge is 0.401 e. The standard InChI is InChI=1S/C18H14Cl2F3N5O/c1-16(18(21,22)23)8-27(9-4-10(19)14(25-6-9)17(29)2-3-17)11-7-24-13-5-12(20)26-28(13)15(11)16/h4-7,29H,2-3,8H2,1H3/t16-/m1/s1. The summed E-state index contributed by atoms with van der Waals surface area (Å²) in [6.45, 7) is 0.725. The highest BCUT2D eigenvalue weighted by Gasteiger charge is 2.60. The predicted molar refractivity (Wildman–Crippen MR) is 101 cm³/mol. The summed E-state index contributed by atoms with van der Waals surface area (Å²) < 4.78 is 43.6. The quantitative estimate of drug-likeness (QED) is 0.636. The molecular weight excluding hydrogens is 430 g/mol. The molecule has 0 spiro atoms. The zero-order valence-electron chi connectivity index (χ0n) is 15.0. The summed E-state index contributed by atoms with van der Waals surface area (Å²) in [6.07, 6.45) is -0.650. The summed E-state index contributed by atoms with van der Waals surface area (Å²) in [5.74, 6) is 0. The van der Waals surface area contributed by atoms with E-state index in [9.17, 15) is 18.3 Å². The van der Waals surface area contributed by atoms with Crippen molar-refractivity contribution in [2.75, 3.05) is 11.4 Å². The summed E-state index contributed by atoms with van der Waals surface area (Å²) in [6, 6.07) is 2.93. The summed E-state index contributed by atoms with van der Waals surface area (Å²) >= 11 is 12.2. The second kappa shape index (κ2) is 5.74. The first kappa shape index (κ1) is 18.9. The van der Waals surface area contributed by atoms with Crippen LogP contribution in [-0.2, 0) is 11.0 Å². The van der Waals surface area contributed by atoms with Crippen molar-refractivity contribution in [3.63, 3.8) is 0 Å². The Balaban J connectivity index is 1.69. The number of halogens is 5. The number of fused-ring (bicyclic) bond motifs is 3. The van der Waals surface area contributed by atoms with E-state index in [-0.39, 0.29) is 27.2 Å². The Morgan fingerprint density at radius 1 is 1.14 bits per heavy atom. The molecule has 0 bridgehead atoms. The lowest BCUT2D eigenvalue weighted by atomic mass is 9.87. The van der Waals surface area contributed by atoms with Crippen LogP contribution in [0.3, 0.4) is 0 Å². The number of aromatic nitrogens is 4. The molecule has 3 aromatic heterocycles. The van der Waals surface area contributed by atoms with Crippen LogP contribution in [0.1, 0.15) is 31.2 Å². The maximum atomic E-state index is 14.2. The van der Waals surface area contributed by atoms with Crippen LogP contribution in [0.4, 0.5) is 24.5 Å². The van der Waals surface area contributed by atoms with E-state index in [1.165, 1.54) is 29.4 Å². The fourth-order valence-corrected chi connectivity index (χ4v) is 4.32. The van der Waals surface area contributed by atoms with Gasteiger partial charge in [-0.15, -0.1) is 0 Å². The van der Waals surface area contributed by atoms with Crippen LogP contribution < -0.4 is 4.90 Å². The van der Waals surface area contributed by atoms with E-state index in [1.807, 2.05) is 0 Å². The first-order valence-corrected chi connectivity index (χ1v) is 9.57. The first-order chi connectivity index (χ1) is 13.5. The average Bonchev–Trinajstić information content (AvgIpc) is 3.12. The maximum absolute atomic E-state index is 14.2. The third-order valence-corrected chi connectivity index (χ3v) is 6.12. The zero-order chi connectivity index (χ0) is 20.8. The van der Waals surface area contributed by atoms with Gasteiger partial charge >= 0.3 is 6.18 Å². The Morgan fingerprint density at radius 3 is 2.48 bits per heavy atom. The van der Waals surface area contributed by atoms with Crippen molar-refractivity contribution in [1.29, 1.82) is 0 Å². The van der Waals surface area contributed by atoms with Crippen molar-refractivity contribution >= 4 is 40.2 Å². The minimum atomic E-state index is -4.55. The highest BCUT2D eigenvalue weighted by molar-refractivity contribution is 6.31. The molecule has 152 valence electrons. The smallest absolute Gasteiger partial charge is 0.383 e. The van der Waals surface area contributed by atoms with Crippen molar-refractivity contribution in [3.8, 4) is 0 Å². The minimum absolute atomic E-state index is 0.0529. The average molecular weight is 444 g/mol. The lowest BCUT2D eigenvalue weighted by molar-refractivity contribution is -0.181. The van der Waals surface area contributed by atoms with Crippen LogP contribution in [0.5, 0.6) is 0 Å². The van der Waals surface area contributed by atoms with Gasteiger partial charge < -0.3 is 10.0 Å². The second-order valence-corrected chi connectivity index (χ2v) is 8.50. The first-order valence-electron chi connectivity index (χ1n) is 8.81. The number of hydrogen-bond acceptors (Lipinski definition) is 5. The van der Waals surface area contributed by atoms with Crippen molar-refractivity contribution in [2.24, 2.45) is 0 Å². The molecule has 3 aromatic rings. The second-order valence-electron chi connectivity index (χ2n) is 7.70. The van der Waals surface area contributed by atoms with E-state index in [0.717, 1.165) is 11.4 Å². The van der Waals surface area contributed by atoms with E-state index in [2.05, 4.69) is 15.1 Å². The molecule has 1 saturated carbocycles. The van der Waals surface area contributed by atoms with Crippen LogP contribution >= 0.6 is 23.2 Å². The molecule has 0 radical (unpaired) electrons. The molecule has 1 aliphatic carbocycles. The van der Waals surface area contributed by atoms with Gasteiger partial charge in [-0.2, -0.15) is 18.3 Å². The number of alkyl halides is 3. The molecule has 1 atom stereocenters. The molecule has 6 nitrogen and oxygen atoms in total. The SMILES string of the molecule is C[C@@]1(C(F)(F)F)CN(c2cnc(C3(O)CC3)c(Cl)c2)c2cnc3cc(Cl)nn3c21. The van der Waals surface area contributed by atoms with Gasteiger partial charge in [0.2, 0.25) is 0 Å². The number of hydrogen-bond donors (Lipinski definition) is 1. The van der Waals surface area contributed by atoms with Gasteiger partial charge in [-0.05, 0) is 25.8 Å². The van der Waals surface area contributed by atoms with Gasteiger partial charge in [0.1, 0.15) is 11.0 Å². The van der Waals surface area contributed by atoms with Gasteiger partial charge in [-0.3, -0.25) is 4.98 Å². The summed E-state index contributed by atoms with van der Waals surface area (Å²) in [7, 11) is 0. The molecule has 0 aromatic carbocycles. The van der Waals surface area contributed by atoms with Crippen molar-refractivity contribution in [2.45, 2.75) is 37.0 Å². The van der Waals surface area contributed by atoms with E-state index < -0.39 is 23.7 Å². The van der Waals surface area contributed by atoms with Crippen LogP contribution in [0.25, 0.3) is 5.65 Å². The lowest BCUT2D eigenvalue weighted by Gasteiger charge is -2.28. The van der Waals surface area contributed by atoms with Crippen LogP contribution in [0.15, 0.2) is 24.5 Å². The number of pyridine rings is 1. The van der Waals surface area contributed by atoms with Gasteiger partial charge in [0.25, 0.3) is 0 Å². The number of anilines is 2. The Labute approximate surface area is 172 Å². The van der Waals surface area contributed by atoms with Crippen LogP contribution in [0, 0.1) is 0 Å². The highest BCUT2D eigenvalue weighted by Crippen LogP contribution is 2.53. The maximum Gasteiger partial charge on any atom is 0.401 e. The molecular formula is C18H14Cl2F3N5O. The normalized spacial score (nSPS) is 22.9. The van der Waals surface area contributed by atoms with E-state index in [1.54, 1.807) is 0 Å². The van der Waals surface area contributed by atoms with Gasteiger partial charge in [-0.25, -0.2) is 9.50 Å². The summed E-state index contributed by atoms with van der Waals surface area (Å²) in [5, 5.41) is 14.5. The van der Waals surface area contributed by atoms with Crippen molar-refractivity contribution in [3.05, 3.63) is 46.1 Å². The van der Waals surface area contributed by atoms with Gasteiger partial charge in [0, 0.05) is 12.6 Å². The fraction of sp³-hybridized carbons (Fsp3) is 0.389. The van der Waals surface area contributed by atoms with Gasteiger partial charge in [-0.1, -0.05) is 23.2 Å². The van der Waals surface area contributed by atoms with Crippen molar-refractivity contribution < 1.29 is 18.3 Å². The van der Waals surface area contributed by atoms with E-state index in [4.69, 9.17) is 23.2 Å². The van der Waals surface area contributed by atoms with Crippen LogP contribution in [0.2, 0.25) is 10.2 Å². The van der Waals surface area contributed by atoms with Gasteiger partial charge in [0.15, 0.2) is 10.8 Å². The monoisotopic (exact) mass is 443 g/mol. The lowest BCUT2D eigenvalue weighted by Crippen LogP contribution is -2.43.